The Balaban J connectivity index is 2.35. The first-order chi connectivity index (χ1) is 6.08. The van der Waals surface area contributed by atoms with Crippen LogP contribution in [0.25, 0.3) is 5.76 Å². The highest BCUT2D eigenvalue weighted by atomic mass is 16.7. The number of nitrogens with zero attached hydrogens (tertiary/aromatic N) is 1. The van der Waals surface area contributed by atoms with Gasteiger partial charge in [0, 0.05) is 0 Å². The molecule has 1 aliphatic rings. The second kappa shape index (κ2) is 2.39. The van der Waals surface area contributed by atoms with E-state index in [1.807, 2.05) is 0 Å². The quantitative estimate of drug-likeness (QED) is 0.653. The van der Waals surface area contributed by atoms with Crippen molar-refractivity contribution in [2.75, 3.05) is 0 Å². The lowest BCUT2D eigenvalue weighted by Gasteiger charge is -1.98. The minimum absolute atomic E-state index is 0.00532. The van der Waals surface area contributed by atoms with Gasteiger partial charge in [0.2, 0.25) is 0 Å². The molecule has 4 heteroatoms. The minimum atomic E-state index is -0.959. The van der Waals surface area contributed by atoms with Crippen LogP contribution in [0.15, 0.2) is 23.0 Å². The standard InChI is InChI=1S/C7H8N2O2/c1-5-2-7(11-9-5)6-3-8-10-4-6/h2-5,9H,1H3/i3D,5D. The van der Waals surface area contributed by atoms with Crippen LogP contribution in [0.4, 0.5) is 0 Å². The van der Waals surface area contributed by atoms with E-state index in [1.54, 1.807) is 13.0 Å². The summed E-state index contributed by atoms with van der Waals surface area (Å²) >= 11 is 0. The SMILES string of the molecule is [2H]c1nocc1C1=CC([2H])(C)NO1. The maximum atomic E-state index is 7.56. The van der Waals surface area contributed by atoms with Gasteiger partial charge < -0.3 is 9.36 Å². The topological polar surface area (TPSA) is 47.3 Å². The molecule has 4 nitrogen and oxygen atoms in total. The summed E-state index contributed by atoms with van der Waals surface area (Å²) in [5.74, 6) is 0.406. The Hall–Kier alpha value is -1.29. The molecule has 2 heterocycles. The van der Waals surface area contributed by atoms with Gasteiger partial charge in [-0.1, -0.05) is 5.16 Å². The Bertz CT molecular complexity index is 359. The van der Waals surface area contributed by atoms with Crippen molar-refractivity contribution in [1.82, 2.24) is 10.6 Å². The molecule has 1 atom stereocenters. The third-order valence-electron chi connectivity index (χ3n) is 1.32. The second-order valence-corrected chi connectivity index (χ2v) is 2.24. The van der Waals surface area contributed by atoms with Gasteiger partial charge in [-0.3, -0.25) is 0 Å². The molecule has 1 N–H and O–H groups in total. The smallest absolute Gasteiger partial charge is 0.156 e. The van der Waals surface area contributed by atoms with Gasteiger partial charge in [0.1, 0.15) is 6.26 Å². The van der Waals surface area contributed by atoms with Crippen LogP contribution in [0.2, 0.25) is 0 Å². The van der Waals surface area contributed by atoms with Gasteiger partial charge in [-0.15, -0.1) is 5.48 Å². The maximum Gasteiger partial charge on any atom is 0.156 e. The third-order valence-corrected chi connectivity index (χ3v) is 1.32. The molecule has 0 amide bonds. The van der Waals surface area contributed by atoms with Crippen LogP contribution in [-0.2, 0) is 4.84 Å². The maximum absolute atomic E-state index is 7.56. The highest BCUT2D eigenvalue weighted by Crippen LogP contribution is 2.18. The Morgan fingerprint density at radius 1 is 1.91 bits per heavy atom. The number of hydrogen-bond acceptors (Lipinski definition) is 4. The number of hydroxylamine groups is 1. The molecule has 58 valence electrons. The summed E-state index contributed by atoms with van der Waals surface area (Å²) < 4.78 is 19.5. The number of rotatable bonds is 1. The van der Waals surface area contributed by atoms with E-state index >= 15 is 0 Å². The van der Waals surface area contributed by atoms with Gasteiger partial charge >= 0.3 is 0 Å². The Labute approximate surface area is 66.6 Å². The molecule has 2 rings (SSSR count). The fourth-order valence-corrected chi connectivity index (χ4v) is 0.818. The first-order valence-corrected chi connectivity index (χ1v) is 3.17. The molecular weight excluding hydrogens is 144 g/mol. The summed E-state index contributed by atoms with van der Waals surface area (Å²) in [6.45, 7) is 1.64. The summed E-state index contributed by atoms with van der Waals surface area (Å²) in [5.41, 5.74) is 2.93. The van der Waals surface area contributed by atoms with E-state index in [0.717, 1.165) is 0 Å². The van der Waals surface area contributed by atoms with Crippen molar-refractivity contribution >= 4 is 5.76 Å². The van der Waals surface area contributed by atoms with Crippen molar-refractivity contribution in [3.05, 3.63) is 24.1 Å². The zero-order chi connectivity index (χ0) is 9.47. The van der Waals surface area contributed by atoms with E-state index in [0.29, 0.717) is 11.3 Å². The van der Waals surface area contributed by atoms with Crippen LogP contribution in [0, 0.1) is 0 Å². The Morgan fingerprint density at radius 2 is 2.82 bits per heavy atom. The molecule has 0 radical (unpaired) electrons. The molecule has 0 bridgehead atoms. The molecule has 1 aliphatic heterocycles. The number of hydrogen-bond donors (Lipinski definition) is 1. The largest absolute Gasteiger partial charge is 0.408 e. The van der Waals surface area contributed by atoms with Crippen LogP contribution in [0.1, 0.15) is 15.2 Å². The zero-order valence-corrected chi connectivity index (χ0v) is 5.92. The number of nitrogens with one attached hydrogen (secondary N) is 1. The van der Waals surface area contributed by atoms with Crippen LogP contribution >= 0.6 is 0 Å². The highest BCUT2D eigenvalue weighted by Gasteiger charge is 2.14. The van der Waals surface area contributed by atoms with Crippen molar-refractivity contribution in [2.45, 2.75) is 12.9 Å². The van der Waals surface area contributed by atoms with Gasteiger partial charge in [-0.2, -0.15) is 0 Å². The van der Waals surface area contributed by atoms with E-state index in [2.05, 4.69) is 15.2 Å². The molecule has 11 heavy (non-hydrogen) atoms. The van der Waals surface area contributed by atoms with Gasteiger partial charge in [0.05, 0.1) is 20.5 Å². The van der Waals surface area contributed by atoms with E-state index in [-0.39, 0.29) is 6.17 Å². The van der Waals surface area contributed by atoms with Crippen LogP contribution in [-0.4, -0.2) is 11.2 Å². The van der Waals surface area contributed by atoms with Gasteiger partial charge in [-0.25, -0.2) is 0 Å². The van der Waals surface area contributed by atoms with Crippen molar-refractivity contribution in [3.63, 3.8) is 0 Å². The number of aromatic nitrogens is 1. The van der Waals surface area contributed by atoms with Crippen molar-refractivity contribution < 1.29 is 12.1 Å². The lowest BCUT2D eigenvalue weighted by molar-refractivity contribution is 0.167. The first kappa shape index (κ1) is 4.56. The van der Waals surface area contributed by atoms with Gasteiger partial charge in [0.15, 0.2) is 5.76 Å². The lowest BCUT2D eigenvalue weighted by atomic mass is 10.2. The van der Waals surface area contributed by atoms with E-state index in [4.69, 9.17) is 7.58 Å². The van der Waals surface area contributed by atoms with Crippen molar-refractivity contribution in [3.8, 4) is 0 Å². The average Bonchev–Trinajstić information content (AvgIpc) is 2.56. The lowest BCUT2D eigenvalue weighted by Crippen LogP contribution is -2.15. The highest BCUT2D eigenvalue weighted by molar-refractivity contribution is 5.59. The molecule has 0 aromatic carbocycles. The van der Waals surface area contributed by atoms with Crippen LogP contribution < -0.4 is 5.48 Å². The van der Waals surface area contributed by atoms with E-state index in [1.165, 1.54) is 6.26 Å². The summed E-state index contributed by atoms with van der Waals surface area (Å²) in [7, 11) is 0. The molecule has 0 spiro atoms. The second-order valence-electron chi connectivity index (χ2n) is 2.24. The zero-order valence-electron chi connectivity index (χ0n) is 7.92. The molecule has 0 fully saturated rings. The van der Waals surface area contributed by atoms with Crippen LogP contribution in [0.5, 0.6) is 0 Å². The van der Waals surface area contributed by atoms with Crippen molar-refractivity contribution in [2.24, 2.45) is 0 Å². The summed E-state index contributed by atoms with van der Waals surface area (Å²) in [6, 6.07) is -0.959. The molecule has 1 unspecified atom stereocenters. The monoisotopic (exact) mass is 154 g/mol. The van der Waals surface area contributed by atoms with Gasteiger partial charge in [0.25, 0.3) is 0 Å². The third kappa shape index (κ3) is 1.12. The summed E-state index contributed by atoms with van der Waals surface area (Å²) in [5, 5.41) is 3.39. The predicted octanol–water partition coefficient (Wildman–Crippen LogP) is 0.939. The average molecular weight is 154 g/mol. The fraction of sp³-hybridized carbons (Fsp3) is 0.286. The predicted molar refractivity (Wildman–Crippen MR) is 38.2 cm³/mol. The van der Waals surface area contributed by atoms with E-state index < -0.39 is 6.02 Å². The Kier molecular flexibility index (Phi) is 0.992. The molecule has 0 aliphatic carbocycles. The Morgan fingerprint density at radius 3 is 3.36 bits per heavy atom. The van der Waals surface area contributed by atoms with E-state index in [9.17, 15) is 0 Å². The summed E-state index contributed by atoms with van der Waals surface area (Å²) in [6.07, 6.45) is 2.88. The molecule has 0 saturated heterocycles. The molecular formula is C7H8N2O2. The molecule has 1 aromatic rings. The first-order valence-electron chi connectivity index (χ1n) is 4.17. The van der Waals surface area contributed by atoms with Crippen LogP contribution in [0.3, 0.4) is 0 Å². The fourth-order valence-electron chi connectivity index (χ4n) is 0.818. The summed E-state index contributed by atoms with van der Waals surface area (Å²) in [4.78, 5) is 5.00. The molecule has 1 aromatic heterocycles. The normalized spacial score (nSPS) is 32.3. The molecule has 0 saturated carbocycles. The van der Waals surface area contributed by atoms with Gasteiger partial charge in [-0.05, 0) is 13.0 Å². The minimum Gasteiger partial charge on any atom is -0.408 e. The van der Waals surface area contributed by atoms with Crippen molar-refractivity contribution in [1.29, 1.82) is 0 Å².